The van der Waals surface area contributed by atoms with Gasteiger partial charge in [0, 0.05) is 51.0 Å². The molecule has 0 spiro atoms. The molecule has 2 heterocycles. The Hall–Kier alpha value is -2.03. The molecule has 0 N–H and O–H groups in total. The molecule has 0 radical (unpaired) electrons. The highest BCUT2D eigenvalue weighted by Crippen LogP contribution is 2.17. The fourth-order valence-electron chi connectivity index (χ4n) is 2.26. The molecule has 0 amide bonds. The molecule has 0 bridgehead atoms. The first-order chi connectivity index (χ1) is 9.77. The molecule has 20 heavy (non-hydrogen) atoms. The molecule has 1 saturated heterocycles. The maximum atomic E-state index is 3.99. The number of hydrogen-bond donors (Lipinski definition) is 0. The van der Waals surface area contributed by atoms with Gasteiger partial charge in [0.05, 0.1) is 0 Å². The van der Waals surface area contributed by atoms with Crippen LogP contribution in [0.15, 0.2) is 54.9 Å². The fraction of sp³-hybridized carbons (Fsp3) is 0.353. The summed E-state index contributed by atoms with van der Waals surface area (Å²) in [5.41, 5.74) is 2.56. The van der Waals surface area contributed by atoms with Crippen LogP contribution >= 0.6 is 0 Å². The molecule has 3 rings (SSSR count). The number of para-hydroxylation sites is 1. The number of pyridine rings is 1. The minimum Gasteiger partial charge on any atom is -0.378 e. The summed E-state index contributed by atoms with van der Waals surface area (Å²) in [6.07, 6.45) is 6.38. The average Bonchev–Trinajstić information content (AvgIpc) is 3.04. The van der Waals surface area contributed by atoms with Gasteiger partial charge in [-0.2, -0.15) is 0 Å². The van der Waals surface area contributed by atoms with Crippen molar-refractivity contribution >= 4 is 11.4 Å². The van der Waals surface area contributed by atoms with E-state index < -0.39 is 0 Å². The zero-order valence-corrected chi connectivity index (χ0v) is 12.4. The van der Waals surface area contributed by atoms with Crippen molar-refractivity contribution in [2.45, 2.75) is 12.8 Å². The van der Waals surface area contributed by atoms with Gasteiger partial charge in [0.1, 0.15) is 0 Å². The van der Waals surface area contributed by atoms with E-state index in [0.29, 0.717) is 0 Å². The summed E-state index contributed by atoms with van der Waals surface area (Å²) in [5.74, 6) is 0. The van der Waals surface area contributed by atoms with E-state index in [2.05, 4.69) is 39.0 Å². The molecule has 0 atom stereocenters. The Morgan fingerprint density at radius 1 is 0.900 bits per heavy atom. The second-order valence-corrected chi connectivity index (χ2v) is 5.13. The van der Waals surface area contributed by atoms with Crippen LogP contribution < -0.4 is 9.80 Å². The normalized spacial score (nSPS) is 13.6. The fourth-order valence-corrected chi connectivity index (χ4v) is 2.26. The summed E-state index contributed by atoms with van der Waals surface area (Å²) in [6.45, 7) is 2.42. The van der Waals surface area contributed by atoms with Crippen LogP contribution in [0, 0.1) is 0 Å². The second-order valence-electron chi connectivity index (χ2n) is 5.13. The predicted molar refractivity (Wildman–Crippen MR) is 86.5 cm³/mol. The zero-order chi connectivity index (χ0) is 14.2. The largest absolute Gasteiger partial charge is 0.378 e. The molecule has 3 nitrogen and oxygen atoms in total. The molecule has 3 heteroatoms. The highest BCUT2D eigenvalue weighted by Gasteiger charge is 2.10. The van der Waals surface area contributed by atoms with Crippen LogP contribution in [0.4, 0.5) is 11.4 Å². The highest BCUT2D eigenvalue weighted by molar-refractivity contribution is 5.45. The van der Waals surface area contributed by atoms with Gasteiger partial charge in [0.15, 0.2) is 0 Å². The number of hydrogen-bond acceptors (Lipinski definition) is 3. The van der Waals surface area contributed by atoms with Crippen LogP contribution in [0.3, 0.4) is 0 Å². The van der Waals surface area contributed by atoms with Gasteiger partial charge < -0.3 is 9.80 Å². The molecule has 0 aliphatic carbocycles. The topological polar surface area (TPSA) is 19.4 Å². The van der Waals surface area contributed by atoms with E-state index in [0.717, 1.165) is 0 Å². The lowest BCUT2D eigenvalue weighted by Crippen LogP contribution is -2.17. The number of rotatable bonds is 2. The molecule has 106 valence electrons. The van der Waals surface area contributed by atoms with E-state index in [1.54, 1.807) is 0 Å². The zero-order valence-electron chi connectivity index (χ0n) is 12.4. The summed E-state index contributed by atoms with van der Waals surface area (Å²) in [7, 11) is 4.07. The van der Waals surface area contributed by atoms with Gasteiger partial charge in [0.25, 0.3) is 0 Å². The molecule has 1 aromatic heterocycles. The lowest BCUT2D eigenvalue weighted by molar-refractivity contribution is 0.949. The summed E-state index contributed by atoms with van der Waals surface area (Å²) >= 11 is 0. The van der Waals surface area contributed by atoms with Crippen LogP contribution in [0.2, 0.25) is 0 Å². The van der Waals surface area contributed by atoms with Gasteiger partial charge in [-0.05, 0) is 37.1 Å². The molecule has 1 aliphatic heterocycles. The Labute approximate surface area is 121 Å². The molecular formula is C17H23N3. The van der Waals surface area contributed by atoms with Gasteiger partial charge in [-0.1, -0.05) is 18.2 Å². The summed E-state index contributed by atoms with van der Waals surface area (Å²) in [4.78, 5) is 8.48. The van der Waals surface area contributed by atoms with Crippen molar-refractivity contribution in [3.63, 3.8) is 0 Å². The number of nitrogens with zero attached hydrogens (tertiary/aromatic N) is 3. The van der Waals surface area contributed by atoms with Crippen molar-refractivity contribution in [2.75, 3.05) is 37.0 Å². The first-order valence-electron chi connectivity index (χ1n) is 7.15. The van der Waals surface area contributed by atoms with E-state index in [4.69, 9.17) is 0 Å². The van der Waals surface area contributed by atoms with Gasteiger partial charge in [0.2, 0.25) is 0 Å². The summed E-state index contributed by atoms with van der Waals surface area (Å²) in [6, 6.07) is 14.4. The minimum atomic E-state index is 1.21. The Morgan fingerprint density at radius 2 is 1.50 bits per heavy atom. The maximum Gasteiger partial charge on any atom is 0.0397 e. The van der Waals surface area contributed by atoms with Gasteiger partial charge in [-0.3, -0.25) is 4.98 Å². The number of benzene rings is 1. The molecule has 1 fully saturated rings. The van der Waals surface area contributed by atoms with Crippen molar-refractivity contribution < 1.29 is 0 Å². The van der Waals surface area contributed by atoms with E-state index in [9.17, 15) is 0 Å². The lowest BCUT2D eigenvalue weighted by Gasteiger charge is -2.16. The van der Waals surface area contributed by atoms with Crippen molar-refractivity contribution in [3.8, 4) is 0 Å². The predicted octanol–water partition coefficient (Wildman–Crippen LogP) is 3.43. The Kier molecular flexibility index (Phi) is 5.42. The van der Waals surface area contributed by atoms with E-state index >= 15 is 0 Å². The van der Waals surface area contributed by atoms with Crippen molar-refractivity contribution in [2.24, 2.45) is 0 Å². The molecule has 2 aromatic rings. The minimum absolute atomic E-state index is 1.21. The van der Waals surface area contributed by atoms with Gasteiger partial charge in [-0.15, -0.1) is 0 Å². The van der Waals surface area contributed by atoms with Crippen molar-refractivity contribution in [1.29, 1.82) is 0 Å². The quantitative estimate of drug-likeness (QED) is 0.832. The first-order valence-corrected chi connectivity index (χ1v) is 7.15. The highest BCUT2D eigenvalue weighted by atomic mass is 15.1. The standard InChI is InChI=1S/C9H12N2.C8H11N/c1-2-8-11(7-1)9-3-5-10-6-4-9;1-9(2)8-6-4-3-5-7-8/h3-6H,1-2,7-8H2;3-7H,1-2H3. The van der Waals surface area contributed by atoms with E-state index in [1.165, 1.54) is 37.3 Å². The Balaban J connectivity index is 0.000000151. The molecule has 1 aromatic carbocycles. The maximum absolute atomic E-state index is 3.99. The van der Waals surface area contributed by atoms with Crippen LogP contribution in [0.25, 0.3) is 0 Å². The van der Waals surface area contributed by atoms with Crippen LogP contribution in [0.1, 0.15) is 12.8 Å². The molecular weight excluding hydrogens is 246 g/mol. The molecule has 0 unspecified atom stereocenters. The smallest absolute Gasteiger partial charge is 0.0397 e. The third kappa shape index (κ3) is 4.26. The van der Waals surface area contributed by atoms with E-state index in [-0.39, 0.29) is 0 Å². The van der Waals surface area contributed by atoms with Gasteiger partial charge >= 0.3 is 0 Å². The van der Waals surface area contributed by atoms with Crippen LogP contribution in [-0.2, 0) is 0 Å². The SMILES string of the molecule is CN(C)c1ccccc1.c1cc(N2CCCC2)ccn1. The third-order valence-electron chi connectivity index (χ3n) is 3.41. The van der Waals surface area contributed by atoms with Crippen LogP contribution in [0.5, 0.6) is 0 Å². The summed E-state index contributed by atoms with van der Waals surface area (Å²) < 4.78 is 0. The monoisotopic (exact) mass is 269 g/mol. The van der Waals surface area contributed by atoms with Gasteiger partial charge in [-0.25, -0.2) is 0 Å². The first kappa shape index (κ1) is 14.4. The third-order valence-corrected chi connectivity index (χ3v) is 3.41. The Bertz CT molecular complexity index is 476. The molecule has 0 saturated carbocycles. The number of aromatic nitrogens is 1. The average molecular weight is 269 g/mol. The second kappa shape index (κ2) is 7.53. The lowest BCUT2D eigenvalue weighted by atomic mass is 10.3. The van der Waals surface area contributed by atoms with Crippen molar-refractivity contribution in [1.82, 2.24) is 4.98 Å². The summed E-state index contributed by atoms with van der Waals surface area (Å²) in [5, 5.41) is 0. The van der Waals surface area contributed by atoms with Crippen LogP contribution in [-0.4, -0.2) is 32.2 Å². The van der Waals surface area contributed by atoms with E-state index in [1.807, 2.05) is 44.7 Å². The Morgan fingerprint density at radius 3 is 2.00 bits per heavy atom. The number of anilines is 2. The van der Waals surface area contributed by atoms with Crippen molar-refractivity contribution in [3.05, 3.63) is 54.9 Å². The molecule has 1 aliphatic rings.